The zero-order valence-electron chi connectivity index (χ0n) is 14.4. The SMILES string of the molecule is CC(=O)N1CCc2nc([C@@H]3CCCN(c4ncccn4)C3)ncc2C1. The molecular formula is C18H22N6O. The molecule has 0 unspecified atom stereocenters. The van der Waals surface area contributed by atoms with Gasteiger partial charge in [-0.3, -0.25) is 4.79 Å². The number of carbonyl (C=O) groups excluding carboxylic acids is 1. The summed E-state index contributed by atoms with van der Waals surface area (Å²) >= 11 is 0. The highest BCUT2D eigenvalue weighted by molar-refractivity contribution is 5.73. The van der Waals surface area contributed by atoms with Crippen LogP contribution >= 0.6 is 0 Å². The number of hydrogen-bond donors (Lipinski definition) is 0. The van der Waals surface area contributed by atoms with Gasteiger partial charge in [0.2, 0.25) is 11.9 Å². The fourth-order valence-electron chi connectivity index (χ4n) is 3.62. The van der Waals surface area contributed by atoms with Gasteiger partial charge in [0.25, 0.3) is 0 Å². The predicted octanol–water partition coefficient (Wildman–Crippen LogP) is 1.56. The number of piperidine rings is 1. The summed E-state index contributed by atoms with van der Waals surface area (Å²) in [4.78, 5) is 33.8. The standard InChI is InChI=1S/C18H22N6O/c1-13(25)23-9-5-16-15(12-23)10-21-17(22-16)14-4-2-8-24(11-14)18-19-6-3-7-20-18/h3,6-7,10,14H,2,4-5,8-9,11-12H2,1H3/t14-/m1/s1. The fraction of sp³-hybridized carbons (Fsp3) is 0.500. The lowest BCUT2D eigenvalue weighted by Crippen LogP contribution is -2.37. The van der Waals surface area contributed by atoms with Gasteiger partial charge in [-0.05, 0) is 18.9 Å². The first-order valence-corrected chi connectivity index (χ1v) is 8.83. The van der Waals surface area contributed by atoms with Crippen LogP contribution < -0.4 is 4.90 Å². The minimum atomic E-state index is 0.112. The summed E-state index contributed by atoms with van der Waals surface area (Å²) < 4.78 is 0. The number of amides is 1. The number of nitrogens with zero attached hydrogens (tertiary/aromatic N) is 6. The van der Waals surface area contributed by atoms with Crippen LogP contribution in [0.3, 0.4) is 0 Å². The molecule has 25 heavy (non-hydrogen) atoms. The van der Waals surface area contributed by atoms with Crippen molar-refractivity contribution < 1.29 is 4.79 Å². The van der Waals surface area contributed by atoms with E-state index in [0.717, 1.165) is 61.9 Å². The molecule has 0 saturated carbocycles. The number of aromatic nitrogens is 4. The highest BCUT2D eigenvalue weighted by atomic mass is 16.2. The van der Waals surface area contributed by atoms with E-state index in [9.17, 15) is 4.79 Å². The molecule has 1 fully saturated rings. The lowest BCUT2D eigenvalue weighted by Gasteiger charge is -2.32. The molecule has 1 saturated heterocycles. The van der Waals surface area contributed by atoms with E-state index in [2.05, 4.69) is 19.9 Å². The van der Waals surface area contributed by atoms with Crippen LogP contribution in [0.15, 0.2) is 24.7 Å². The maximum absolute atomic E-state index is 11.6. The second-order valence-electron chi connectivity index (χ2n) is 6.72. The number of hydrogen-bond acceptors (Lipinski definition) is 6. The monoisotopic (exact) mass is 338 g/mol. The van der Waals surface area contributed by atoms with Crippen molar-refractivity contribution >= 4 is 11.9 Å². The van der Waals surface area contributed by atoms with Crippen molar-refractivity contribution in [3.05, 3.63) is 41.7 Å². The molecule has 130 valence electrons. The third-order valence-electron chi connectivity index (χ3n) is 5.02. The van der Waals surface area contributed by atoms with Crippen LogP contribution in [0.1, 0.15) is 42.8 Å². The van der Waals surface area contributed by atoms with E-state index in [1.54, 1.807) is 19.3 Å². The number of fused-ring (bicyclic) bond motifs is 1. The summed E-state index contributed by atoms with van der Waals surface area (Å²) in [5.41, 5.74) is 2.17. The van der Waals surface area contributed by atoms with Gasteiger partial charge in [-0.1, -0.05) is 0 Å². The second kappa shape index (κ2) is 6.74. The Morgan fingerprint density at radius 1 is 1.20 bits per heavy atom. The van der Waals surface area contributed by atoms with Crippen molar-refractivity contribution in [1.29, 1.82) is 0 Å². The van der Waals surface area contributed by atoms with Gasteiger partial charge >= 0.3 is 0 Å². The average Bonchev–Trinajstić information content (AvgIpc) is 2.68. The van der Waals surface area contributed by atoms with Gasteiger partial charge < -0.3 is 9.80 Å². The van der Waals surface area contributed by atoms with Crippen LogP contribution in [0.4, 0.5) is 5.95 Å². The van der Waals surface area contributed by atoms with Crippen LogP contribution in [-0.2, 0) is 17.8 Å². The maximum Gasteiger partial charge on any atom is 0.225 e. The molecule has 0 radical (unpaired) electrons. The van der Waals surface area contributed by atoms with Gasteiger partial charge in [-0.15, -0.1) is 0 Å². The molecule has 0 aliphatic carbocycles. The van der Waals surface area contributed by atoms with Gasteiger partial charge in [-0.2, -0.15) is 0 Å². The Bertz CT molecular complexity index is 765. The first-order chi connectivity index (χ1) is 12.2. The third-order valence-corrected chi connectivity index (χ3v) is 5.02. The van der Waals surface area contributed by atoms with E-state index in [4.69, 9.17) is 4.98 Å². The zero-order valence-corrected chi connectivity index (χ0v) is 14.4. The Hall–Kier alpha value is -2.57. The van der Waals surface area contributed by atoms with Crippen molar-refractivity contribution in [2.45, 2.75) is 38.6 Å². The van der Waals surface area contributed by atoms with Gasteiger partial charge in [0.05, 0.1) is 5.69 Å². The summed E-state index contributed by atoms with van der Waals surface area (Å²) in [6.45, 7) is 4.80. The van der Waals surface area contributed by atoms with Gasteiger partial charge in [-0.25, -0.2) is 19.9 Å². The summed E-state index contributed by atoms with van der Waals surface area (Å²) in [5, 5.41) is 0. The van der Waals surface area contributed by atoms with Crippen LogP contribution in [0, 0.1) is 0 Å². The second-order valence-corrected chi connectivity index (χ2v) is 6.72. The Morgan fingerprint density at radius 2 is 2.04 bits per heavy atom. The molecule has 7 heteroatoms. The molecule has 0 spiro atoms. The minimum Gasteiger partial charge on any atom is -0.340 e. The van der Waals surface area contributed by atoms with Crippen LogP contribution in [0.5, 0.6) is 0 Å². The molecule has 2 aliphatic heterocycles. The quantitative estimate of drug-likeness (QED) is 0.827. The summed E-state index contributed by atoms with van der Waals surface area (Å²) in [5.74, 6) is 2.10. The van der Waals surface area contributed by atoms with Crippen molar-refractivity contribution in [2.24, 2.45) is 0 Å². The summed E-state index contributed by atoms with van der Waals surface area (Å²) in [7, 11) is 0. The number of carbonyl (C=O) groups is 1. The highest BCUT2D eigenvalue weighted by Gasteiger charge is 2.27. The van der Waals surface area contributed by atoms with Crippen LogP contribution in [0.25, 0.3) is 0 Å². The molecular weight excluding hydrogens is 316 g/mol. The Kier molecular flexibility index (Phi) is 4.29. The highest BCUT2D eigenvalue weighted by Crippen LogP contribution is 2.27. The first-order valence-electron chi connectivity index (χ1n) is 8.83. The normalized spacial score (nSPS) is 20.3. The fourth-order valence-corrected chi connectivity index (χ4v) is 3.62. The van der Waals surface area contributed by atoms with Gasteiger partial charge in [0.1, 0.15) is 5.82 Å². The van der Waals surface area contributed by atoms with E-state index >= 15 is 0 Å². The van der Waals surface area contributed by atoms with E-state index < -0.39 is 0 Å². The van der Waals surface area contributed by atoms with Crippen molar-refractivity contribution in [3.8, 4) is 0 Å². The lowest BCUT2D eigenvalue weighted by atomic mass is 9.96. The zero-order chi connectivity index (χ0) is 17.2. The van der Waals surface area contributed by atoms with E-state index in [1.165, 1.54) is 0 Å². The average molecular weight is 338 g/mol. The molecule has 1 amide bonds. The maximum atomic E-state index is 11.6. The number of rotatable bonds is 2. The van der Waals surface area contributed by atoms with Crippen LogP contribution in [-0.4, -0.2) is 50.4 Å². The Morgan fingerprint density at radius 3 is 2.84 bits per heavy atom. The van der Waals surface area contributed by atoms with E-state index in [1.807, 2.05) is 17.2 Å². The first kappa shape index (κ1) is 15.9. The topological polar surface area (TPSA) is 75.1 Å². The van der Waals surface area contributed by atoms with E-state index in [0.29, 0.717) is 12.5 Å². The summed E-state index contributed by atoms with van der Waals surface area (Å²) in [6, 6.07) is 1.84. The van der Waals surface area contributed by atoms with Crippen molar-refractivity contribution in [2.75, 3.05) is 24.5 Å². The molecule has 4 rings (SSSR count). The van der Waals surface area contributed by atoms with Crippen LogP contribution in [0.2, 0.25) is 0 Å². The molecule has 1 atom stereocenters. The molecule has 4 heterocycles. The molecule has 0 aromatic carbocycles. The van der Waals surface area contributed by atoms with Gasteiger partial charge in [0.15, 0.2) is 0 Å². The predicted molar refractivity (Wildman–Crippen MR) is 93.0 cm³/mol. The molecule has 7 nitrogen and oxygen atoms in total. The third kappa shape index (κ3) is 3.31. The largest absolute Gasteiger partial charge is 0.340 e. The lowest BCUT2D eigenvalue weighted by molar-refractivity contribution is -0.129. The Labute approximate surface area is 147 Å². The minimum absolute atomic E-state index is 0.112. The summed E-state index contributed by atoms with van der Waals surface area (Å²) in [6.07, 6.45) is 8.45. The Balaban J connectivity index is 1.51. The van der Waals surface area contributed by atoms with E-state index in [-0.39, 0.29) is 5.91 Å². The molecule has 0 N–H and O–H groups in total. The molecule has 2 aliphatic rings. The molecule has 2 aromatic rings. The molecule has 2 aromatic heterocycles. The van der Waals surface area contributed by atoms with Gasteiger partial charge in [0, 0.05) is 69.6 Å². The molecule has 0 bridgehead atoms. The van der Waals surface area contributed by atoms with Crippen molar-refractivity contribution in [1.82, 2.24) is 24.8 Å². The van der Waals surface area contributed by atoms with Crippen molar-refractivity contribution in [3.63, 3.8) is 0 Å². The smallest absolute Gasteiger partial charge is 0.225 e. The number of anilines is 1.